The summed E-state index contributed by atoms with van der Waals surface area (Å²) >= 11 is 0. The van der Waals surface area contributed by atoms with Crippen molar-refractivity contribution in [1.82, 2.24) is 4.90 Å². The van der Waals surface area contributed by atoms with E-state index in [-0.39, 0.29) is 0 Å². The molecule has 0 atom stereocenters. The summed E-state index contributed by atoms with van der Waals surface area (Å²) in [6.45, 7) is 4.39. The molecule has 0 saturated heterocycles. The van der Waals surface area contributed by atoms with Gasteiger partial charge in [0.25, 0.3) is 0 Å². The Hall–Kier alpha value is -1.43. The number of carbonyl (C=O) groups is 1. The summed E-state index contributed by atoms with van der Waals surface area (Å²) in [5.74, 6) is -2.04. The molecule has 1 amide bonds. The van der Waals surface area contributed by atoms with Crippen LogP contribution in [0, 0.1) is 5.82 Å². The molecule has 0 aliphatic carbocycles. The Bertz CT molecular complexity index is 524. The number of nitrogens with zero attached hydrogens (tertiary/aromatic N) is 1. The van der Waals surface area contributed by atoms with Crippen molar-refractivity contribution in [3.63, 3.8) is 0 Å². The number of hydrogen-bond donors (Lipinski definition) is 0. The van der Waals surface area contributed by atoms with Crippen LogP contribution in [0.5, 0.6) is 0 Å². The summed E-state index contributed by atoms with van der Waals surface area (Å²) in [6, 6.07) is 5.06. The molecule has 0 saturated carbocycles. The average molecular weight is 273 g/mol. The Morgan fingerprint density at radius 1 is 1.22 bits per heavy atom. The molecule has 1 rings (SSSR count). The van der Waals surface area contributed by atoms with Gasteiger partial charge in [0.1, 0.15) is 16.5 Å². The molecule has 1 aromatic rings. The van der Waals surface area contributed by atoms with Crippen LogP contribution in [-0.2, 0) is 14.6 Å². The highest BCUT2D eigenvalue weighted by molar-refractivity contribution is 7.92. The highest BCUT2D eigenvalue weighted by atomic mass is 32.2. The zero-order chi connectivity index (χ0) is 13.8. The smallest absolute Gasteiger partial charge is 0.238 e. The zero-order valence-electron chi connectivity index (χ0n) is 10.4. The van der Waals surface area contributed by atoms with E-state index in [1.165, 1.54) is 23.1 Å². The van der Waals surface area contributed by atoms with Crippen molar-refractivity contribution in [1.29, 1.82) is 0 Å². The summed E-state index contributed by atoms with van der Waals surface area (Å²) in [5.41, 5.74) is 0. The van der Waals surface area contributed by atoms with E-state index in [1.807, 2.05) is 0 Å². The van der Waals surface area contributed by atoms with E-state index in [1.54, 1.807) is 13.8 Å². The number of amides is 1. The lowest BCUT2D eigenvalue weighted by Crippen LogP contribution is -2.35. The molecule has 1 aromatic carbocycles. The van der Waals surface area contributed by atoms with Crippen molar-refractivity contribution >= 4 is 15.7 Å². The summed E-state index contributed by atoms with van der Waals surface area (Å²) in [5, 5.41) is 0. The highest BCUT2D eigenvalue weighted by Gasteiger charge is 2.24. The first-order valence-electron chi connectivity index (χ1n) is 5.67. The van der Waals surface area contributed by atoms with Gasteiger partial charge in [-0.3, -0.25) is 4.79 Å². The Morgan fingerprint density at radius 2 is 1.78 bits per heavy atom. The second-order valence-corrected chi connectivity index (χ2v) is 5.71. The summed E-state index contributed by atoms with van der Waals surface area (Å²) in [6.07, 6.45) is 0. The van der Waals surface area contributed by atoms with Crippen LogP contribution < -0.4 is 0 Å². The zero-order valence-corrected chi connectivity index (χ0v) is 11.2. The second-order valence-electron chi connectivity index (χ2n) is 3.76. The van der Waals surface area contributed by atoms with Crippen molar-refractivity contribution < 1.29 is 17.6 Å². The van der Waals surface area contributed by atoms with Gasteiger partial charge in [-0.05, 0) is 26.0 Å². The first-order chi connectivity index (χ1) is 8.42. The predicted molar refractivity (Wildman–Crippen MR) is 66.4 cm³/mol. The molecule has 0 aliphatic rings. The van der Waals surface area contributed by atoms with Crippen LogP contribution in [-0.4, -0.2) is 38.1 Å². The van der Waals surface area contributed by atoms with Gasteiger partial charge in [-0.25, -0.2) is 12.8 Å². The molecule has 0 radical (unpaired) electrons. The Balaban J connectivity index is 2.97. The molecule has 0 N–H and O–H groups in total. The monoisotopic (exact) mass is 273 g/mol. The van der Waals surface area contributed by atoms with Gasteiger partial charge in [0, 0.05) is 13.1 Å². The quantitative estimate of drug-likeness (QED) is 0.816. The molecule has 0 heterocycles. The second kappa shape index (κ2) is 5.95. The molecule has 0 fully saturated rings. The summed E-state index contributed by atoms with van der Waals surface area (Å²) in [4.78, 5) is 12.7. The van der Waals surface area contributed by atoms with E-state index in [0.717, 1.165) is 6.07 Å². The van der Waals surface area contributed by atoms with Gasteiger partial charge >= 0.3 is 0 Å². The van der Waals surface area contributed by atoms with E-state index in [0.29, 0.717) is 13.1 Å². The third-order valence-corrected chi connectivity index (χ3v) is 4.23. The van der Waals surface area contributed by atoms with Crippen LogP contribution in [0.4, 0.5) is 4.39 Å². The fourth-order valence-corrected chi connectivity index (χ4v) is 2.92. The Labute approximate surface area is 106 Å². The van der Waals surface area contributed by atoms with E-state index in [2.05, 4.69) is 0 Å². The van der Waals surface area contributed by atoms with Crippen LogP contribution in [0.25, 0.3) is 0 Å². The van der Waals surface area contributed by atoms with E-state index in [4.69, 9.17) is 0 Å². The molecule has 4 nitrogen and oxygen atoms in total. The number of benzene rings is 1. The molecule has 6 heteroatoms. The minimum Gasteiger partial charge on any atom is -0.342 e. The molecule has 0 spiro atoms. The number of carbonyl (C=O) groups excluding carboxylic acids is 1. The minimum absolute atomic E-state index is 0.425. The molecule has 0 aromatic heterocycles. The molecular weight excluding hydrogens is 257 g/mol. The summed E-state index contributed by atoms with van der Waals surface area (Å²) in [7, 11) is -3.92. The van der Waals surface area contributed by atoms with Crippen molar-refractivity contribution in [3.05, 3.63) is 30.1 Å². The number of sulfone groups is 1. The third kappa shape index (κ3) is 3.29. The molecule has 100 valence electrons. The van der Waals surface area contributed by atoms with E-state index < -0.39 is 32.2 Å². The van der Waals surface area contributed by atoms with E-state index in [9.17, 15) is 17.6 Å². The fraction of sp³-hybridized carbons (Fsp3) is 0.417. The van der Waals surface area contributed by atoms with Gasteiger partial charge in [0.05, 0.1) is 0 Å². The van der Waals surface area contributed by atoms with Crippen molar-refractivity contribution in [2.24, 2.45) is 0 Å². The number of rotatable bonds is 5. The molecule has 0 unspecified atom stereocenters. The van der Waals surface area contributed by atoms with Crippen molar-refractivity contribution in [2.45, 2.75) is 18.7 Å². The molecular formula is C12H16FNO3S. The van der Waals surface area contributed by atoms with Crippen LogP contribution in [0.2, 0.25) is 0 Å². The van der Waals surface area contributed by atoms with Crippen LogP contribution in [0.15, 0.2) is 29.2 Å². The largest absolute Gasteiger partial charge is 0.342 e. The van der Waals surface area contributed by atoms with Gasteiger partial charge in [-0.15, -0.1) is 0 Å². The van der Waals surface area contributed by atoms with Gasteiger partial charge in [0.2, 0.25) is 5.91 Å². The topological polar surface area (TPSA) is 54.5 Å². The van der Waals surface area contributed by atoms with Gasteiger partial charge in [-0.1, -0.05) is 12.1 Å². The molecule has 18 heavy (non-hydrogen) atoms. The van der Waals surface area contributed by atoms with Crippen LogP contribution in [0.3, 0.4) is 0 Å². The van der Waals surface area contributed by atoms with Gasteiger partial charge in [0.15, 0.2) is 9.84 Å². The van der Waals surface area contributed by atoms with Crippen LogP contribution in [0.1, 0.15) is 13.8 Å². The Morgan fingerprint density at radius 3 is 2.28 bits per heavy atom. The maximum Gasteiger partial charge on any atom is 0.238 e. The number of hydrogen-bond acceptors (Lipinski definition) is 3. The predicted octanol–water partition coefficient (Wildman–Crippen LogP) is 1.47. The minimum atomic E-state index is -3.92. The maximum absolute atomic E-state index is 13.4. The SMILES string of the molecule is CCN(CC)C(=O)CS(=O)(=O)c1ccccc1F. The van der Waals surface area contributed by atoms with Crippen molar-refractivity contribution in [2.75, 3.05) is 18.8 Å². The fourth-order valence-electron chi connectivity index (χ4n) is 1.60. The number of halogens is 1. The molecule has 0 aliphatic heterocycles. The summed E-state index contributed by atoms with van der Waals surface area (Å²) < 4.78 is 37.2. The van der Waals surface area contributed by atoms with Crippen molar-refractivity contribution in [3.8, 4) is 0 Å². The van der Waals surface area contributed by atoms with Gasteiger partial charge < -0.3 is 4.90 Å². The average Bonchev–Trinajstić information content (AvgIpc) is 2.30. The Kier molecular flexibility index (Phi) is 4.84. The third-order valence-electron chi connectivity index (χ3n) is 2.60. The lowest BCUT2D eigenvalue weighted by Gasteiger charge is -2.18. The van der Waals surface area contributed by atoms with Crippen LogP contribution >= 0.6 is 0 Å². The lowest BCUT2D eigenvalue weighted by atomic mass is 10.3. The highest BCUT2D eigenvalue weighted by Crippen LogP contribution is 2.15. The van der Waals surface area contributed by atoms with E-state index >= 15 is 0 Å². The first-order valence-corrected chi connectivity index (χ1v) is 7.32. The molecule has 0 bridgehead atoms. The first kappa shape index (κ1) is 14.6. The maximum atomic E-state index is 13.4. The normalized spacial score (nSPS) is 11.3. The standard InChI is InChI=1S/C12H16FNO3S/c1-3-14(4-2)12(15)9-18(16,17)11-8-6-5-7-10(11)13/h5-8H,3-4,9H2,1-2H3. The van der Waals surface area contributed by atoms with Gasteiger partial charge in [-0.2, -0.15) is 0 Å². The lowest BCUT2D eigenvalue weighted by molar-refractivity contribution is -0.128.